The Morgan fingerprint density at radius 2 is 1.89 bits per heavy atom. The third-order valence-corrected chi connectivity index (χ3v) is 2.48. The summed E-state index contributed by atoms with van der Waals surface area (Å²) in [6.07, 6.45) is -1.76. The molecule has 0 radical (unpaired) electrons. The van der Waals surface area contributed by atoms with E-state index in [1.54, 1.807) is 0 Å². The second kappa shape index (κ2) is 4.01. The summed E-state index contributed by atoms with van der Waals surface area (Å²) in [5.41, 5.74) is -0.392. The predicted octanol–water partition coefficient (Wildman–Crippen LogP) is 2.21. The van der Waals surface area contributed by atoms with Crippen LogP contribution < -0.4 is 0 Å². The van der Waals surface area contributed by atoms with E-state index < -0.39 is 11.9 Å². The number of pyridine rings is 1. The molecule has 5 nitrogen and oxygen atoms in total. The molecule has 3 heterocycles. The van der Waals surface area contributed by atoms with Gasteiger partial charge in [0.2, 0.25) is 0 Å². The minimum absolute atomic E-state index is 0.160. The lowest BCUT2D eigenvalue weighted by molar-refractivity contribution is -0.141. The molecular weight excluding hydrogens is 259 g/mol. The topological polar surface area (TPSA) is 56.0 Å². The average molecular weight is 265 g/mol. The van der Waals surface area contributed by atoms with Crippen molar-refractivity contribution < 1.29 is 13.2 Å². The summed E-state index contributed by atoms with van der Waals surface area (Å²) < 4.78 is 39.2. The lowest BCUT2D eigenvalue weighted by Gasteiger charge is -2.08. The Balaban J connectivity index is 2.19. The lowest BCUT2D eigenvalue weighted by Crippen LogP contribution is -2.08. The fraction of sp³-hybridized carbons (Fsp3) is 0.0909. The van der Waals surface area contributed by atoms with Crippen LogP contribution in [0.4, 0.5) is 13.2 Å². The first-order chi connectivity index (χ1) is 9.05. The zero-order chi connectivity index (χ0) is 13.5. The Morgan fingerprint density at radius 3 is 2.68 bits per heavy atom. The standard InChI is InChI=1S/C11H6F3N5/c12-11(13,14)9-3-1-2-7(18-9)8-4-5-15-10-16-6-17-19(8)10/h1-6H. The maximum absolute atomic E-state index is 12.6. The third-order valence-electron chi connectivity index (χ3n) is 2.48. The third kappa shape index (κ3) is 2.01. The van der Waals surface area contributed by atoms with Gasteiger partial charge in [0.05, 0.1) is 11.4 Å². The quantitative estimate of drug-likeness (QED) is 0.677. The van der Waals surface area contributed by atoms with Gasteiger partial charge in [0, 0.05) is 6.20 Å². The normalized spacial score (nSPS) is 11.9. The van der Waals surface area contributed by atoms with Crippen LogP contribution in [0.1, 0.15) is 5.69 Å². The van der Waals surface area contributed by atoms with E-state index in [9.17, 15) is 13.2 Å². The fourth-order valence-corrected chi connectivity index (χ4v) is 1.67. The van der Waals surface area contributed by atoms with Gasteiger partial charge in [0.15, 0.2) is 0 Å². The second-order valence-electron chi connectivity index (χ2n) is 3.71. The van der Waals surface area contributed by atoms with Crippen LogP contribution in [0.15, 0.2) is 36.8 Å². The molecule has 3 aromatic rings. The summed E-state index contributed by atoms with van der Waals surface area (Å²) in [6, 6.07) is 5.23. The predicted molar refractivity (Wildman–Crippen MR) is 59.0 cm³/mol. The number of rotatable bonds is 1. The van der Waals surface area contributed by atoms with E-state index in [0.29, 0.717) is 11.5 Å². The van der Waals surface area contributed by atoms with Gasteiger partial charge >= 0.3 is 6.18 Å². The van der Waals surface area contributed by atoms with Gasteiger partial charge in [-0.1, -0.05) is 6.07 Å². The highest BCUT2D eigenvalue weighted by molar-refractivity contribution is 5.56. The summed E-state index contributed by atoms with van der Waals surface area (Å²) in [7, 11) is 0. The van der Waals surface area contributed by atoms with Crippen LogP contribution in [0, 0.1) is 0 Å². The van der Waals surface area contributed by atoms with Crippen molar-refractivity contribution in [1.82, 2.24) is 24.6 Å². The van der Waals surface area contributed by atoms with E-state index in [-0.39, 0.29) is 5.69 Å². The van der Waals surface area contributed by atoms with Crippen molar-refractivity contribution in [2.45, 2.75) is 6.18 Å². The monoisotopic (exact) mass is 265 g/mol. The highest BCUT2D eigenvalue weighted by atomic mass is 19.4. The fourth-order valence-electron chi connectivity index (χ4n) is 1.67. The Hall–Kier alpha value is -2.51. The van der Waals surface area contributed by atoms with Crippen molar-refractivity contribution in [3.63, 3.8) is 0 Å². The van der Waals surface area contributed by atoms with E-state index in [1.165, 1.54) is 35.2 Å². The molecule has 0 aromatic carbocycles. The summed E-state index contributed by atoms with van der Waals surface area (Å²) in [4.78, 5) is 11.4. The second-order valence-corrected chi connectivity index (χ2v) is 3.71. The SMILES string of the molecule is FC(F)(F)c1cccc(-c2ccnc3ncnn23)n1. The number of alkyl halides is 3. The first-order valence-electron chi connectivity index (χ1n) is 5.25. The molecule has 0 spiro atoms. The van der Waals surface area contributed by atoms with Crippen LogP contribution in [0.25, 0.3) is 17.2 Å². The molecule has 0 fully saturated rings. The number of hydrogen-bond acceptors (Lipinski definition) is 4. The summed E-state index contributed by atoms with van der Waals surface area (Å²) in [5, 5.41) is 3.91. The minimum atomic E-state index is -4.48. The van der Waals surface area contributed by atoms with Gasteiger partial charge < -0.3 is 0 Å². The molecule has 0 bridgehead atoms. The largest absolute Gasteiger partial charge is 0.433 e. The molecule has 96 valence electrons. The van der Waals surface area contributed by atoms with Crippen molar-refractivity contribution in [3.8, 4) is 11.4 Å². The number of hydrogen-bond donors (Lipinski definition) is 0. The van der Waals surface area contributed by atoms with Crippen LogP contribution in [-0.2, 0) is 6.18 Å². The molecule has 0 atom stereocenters. The van der Waals surface area contributed by atoms with Crippen molar-refractivity contribution in [2.75, 3.05) is 0 Å². The summed E-state index contributed by atoms with van der Waals surface area (Å²) in [5.74, 6) is 0.303. The Labute approximate surface area is 104 Å². The van der Waals surface area contributed by atoms with Gasteiger partial charge in [-0.2, -0.15) is 27.8 Å². The lowest BCUT2D eigenvalue weighted by atomic mass is 10.2. The van der Waals surface area contributed by atoms with Crippen molar-refractivity contribution in [2.24, 2.45) is 0 Å². The Morgan fingerprint density at radius 1 is 1.05 bits per heavy atom. The smallest absolute Gasteiger partial charge is 0.242 e. The molecule has 0 saturated heterocycles. The van der Waals surface area contributed by atoms with Gasteiger partial charge in [-0.25, -0.2) is 9.97 Å². The van der Waals surface area contributed by atoms with E-state index in [4.69, 9.17) is 0 Å². The van der Waals surface area contributed by atoms with Crippen LogP contribution >= 0.6 is 0 Å². The van der Waals surface area contributed by atoms with E-state index in [2.05, 4.69) is 20.1 Å². The molecule has 0 aliphatic heterocycles. The molecule has 8 heteroatoms. The number of halogens is 3. The highest BCUT2D eigenvalue weighted by Gasteiger charge is 2.32. The van der Waals surface area contributed by atoms with Gasteiger partial charge in [-0.3, -0.25) is 0 Å². The molecule has 3 rings (SSSR count). The van der Waals surface area contributed by atoms with Crippen molar-refractivity contribution >= 4 is 5.78 Å². The van der Waals surface area contributed by atoms with E-state index >= 15 is 0 Å². The first kappa shape index (κ1) is 11.6. The van der Waals surface area contributed by atoms with Crippen LogP contribution in [-0.4, -0.2) is 24.6 Å². The maximum atomic E-state index is 12.6. The van der Waals surface area contributed by atoms with Crippen molar-refractivity contribution in [3.05, 3.63) is 42.5 Å². The number of aromatic nitrogens is 5. The molecular formula is C11H6F3N5. The summed E-state index contributed by atoms with van der Waals surface area (Å²) in [6.45, 7) is 0. The molecule has 0 aliphatic rings. The maximum Gasteiger partial charge on any atom is 0.433 e. The molecule has 3 aromatic heterocycles. The number of fused-ring (bicyclic) bond motifs is 1. The molecule has 19 heavy (non-hydrogen) atoms. The van der Waals surface area contributed by atoms with Gasteiger partial charge in [0.1, 0.15) is 12.0 Å². The van der Waals surface area contributed by atoms with Gasteiger partial charge in [-0.15, -0.1) is 0 Å². The molecule has 0 amide bonds. The summed E-state index contributed by atoms with van der Waals surface area (Å²) >= 11 is 0. The van der Waals surface area contributed by atoms with Gasteiger partial charge in [-0.05, 0) is 18.2 Å². The zero-order valence-corrected chi connectivity index (χ0v) is 9.33. The van der Waals surface area contributed by atoms with Crippen LogP contribution in [0.5, 0.6) is 0 Å². The van der Waals surface area contributed by atoms with E-state index in [1.807, 2.05) is 0 Å². The van der Waals surface area contributed by atoms with E-state index in [0.717, 1.165) is 6.07 Å². The first-order valence-corrected chi connectivity index (χ1v) is 5.25. The van der Waals surface area contributed by atoms with Gasteiger partial charge in [0.25, 0.3) is 5.78 Å². The van der Waals surface area contributed by atoms with Crippen LogP contribution in [0.2, 0.25) is 0 Å². The Kier molecular flexibility index (Phi) is 2.44. The number of nitrogens with zero attached hydrogens (tertiary/aromatic N) is 5. The molecule has 0 unspecified atom stereocenters. The van der Waals surface area contributed by atoms with Crippen molar-refractivity contribution in [1.29, 1.82) is 0 Å². The average Bonchev–Trinajstić information content (AvgIpc) is 2.86. The highest BCUT2D eigenvalue weighted by Crippen LogP contribution is 2.29. The van der Waals surface area contributed by atoms with Crippen LogP contribution in [0.3, 0.4) is 0 Å². The minimum Gasteiger partial charge on any atom is -0.242 e. The molecule has 0 saturated carbocycles. The molecule has 0 N–H and O–H groups in total. The zero-order valence-electron chi connectivity index (χ0n) is 9.33. The molecule has 0 aliphatic carbocycles. The Bertz CT molecular complexity index is 734.